The number of para-hydroxylation sites is 1. The summed E-state index contributed by atoms with van der Waals surface area (Å²) in [4.78, 5) is 3.93. The fourth-order valence-electron chi connectivity index (χ4n) is 1.29. The van der Waals surface area contributed by atoms with Gasteiger partial charge in [0.2, 0.25) is 0 Å². The molecule has 1 heterocycles. The van der Waals surface area contributed by atoms with E-state index in [4.69, 9.17) is 0 Å². The molecular weight excluding hydrogens is 186 g/mol. The van der Waals surface area contributed by atoms with Crippen molar-refractivity contribution in [2.75, 3.05) is 0 Å². The van der Waals surface area contributed by atoms with E-state index in [2.05, 4.69) is 4.98 Å². The molecule has 1 N–H and O–H groups in total. The van der Waals surface area contributed by atoms with Gasteiger partial charge in [0.05, 0.1) is 0 Å². The van der Waals surface area contributed by atoms with Gasteiger partial charge in [0, 0.05) is 18.0 Å². The van der Waals surface area contributed by atoms with E-state index in [1.165, 1.54) is 0 Å². The first-order valence-electron chi connectivity index (χ1n) is 4.72. The van der Waals surface area contributed by atoms with Crippen molar-refractivity contribution in [3.63, 3.8) is 0 Å². The molecule has 0 radical (unpaired) electrons. The fraction of sp³-hybridized carbons (Fsp3) is 0. The van der Waals surface area contributed by atoms with Gasteiger partial charge in [-0.25, -0.2) is 0 Å². The molecule has 2 aromatic rings. The number of hydrogen-bond donors (Lipinski definition) is 1. The predicted octanol–water partition coefficient (Wildman–Crippen LogP) is 2.96. The Morgan fingerprint density at radius 2 is 1.67 bits per heavy atom. The van der Waals surface area contributed by atoms with Crippen LogP contribution in [0.2, 0.25) is 0 Å². The molecule has 15 heavy (non-hydrogen) atoms. The van der Waals surface area contributed by atoms with Crippen LogP contribution in [0.3, 0.4) is 0 Å². The van der Waals surface area contributed by atoms with Crippen LogP contribution in [0, 0.1) is 0 Å². The molecule has 0 atom stereocenters. The molecule has 0 spiro atoms. The Hall–Kier alpha value is -2.09. The number of aromatic nitrogens is 1. The van der Waals surface area contributed by atoms with E-state index in [0.29, 0.717) is 5.75 Å². The molecule has 2 nitrogen and oxygen atoms in total. The number of aromatic hydroxyl groups is 1. The van der Waals surface area contributed by atoms with E-state index in [0.717, 1.165) is 11.1 Å². The molecule has 0 aliphatic carbocycles. The first-order valence-corrected chi connectivity index (χ1v) is 4.72. The maximum atomic E-state index is 9.52. The Labute approximate surface area is 88.5 Å². The zero-order chi connectivity index (χ0) is 10.5. The molecule has 74 valence electrons. The molecule has 2 heteroatoms. The summed E-state index contributed by atoms with van der Waals surface area (Å²) in [6.07, 6.45) is 7.30. The average molecular weight is 197 g/mol. The van der Waals surface area contributed by atoms with Gasteiger partial charge < -0.3 is 5.11 Å². The first kappa shape index (κ1) is 9.46. The Morgan fingerprint density at radius 1 is 0.933 bits per heavy atom. The summed E-state index contributed by atoms with van der Waals surface area (Å²) in [6, 6.07) is 11.1. The van der Waals surface area contributed by atoms with Crippen LogP contribution < -0.4 is 0 Å². The van der Waals surface area contributed by atoms with Crippen molar-refractivity contribution in [3.8, 4) is 5.75 Å². The third-order valence-corrected chi connectivity index (χ3v) is 2.10. The van der Waals surface area contributed by atoms with Gasteiger partial charge in [0.1, 0.15) is 5.75 Å². The number of hydrogen-bond acceptors (Lipinski definition) is 2. The molecule has 1 aromatic heterocycles. The van der Waals surface area contributed by atoms with Crippen LogP contribution in [0.5, 0.6) is 5.75 Å². The molecular formula is C13H11NO. The maximum absolute atomic E-state index is 9.52. The van der Waals surface area contributed by atoms with E-state index in [1.807, 2.05) is 36.4 Å². The summed E-state index contributed by atoms with van der Waals surface area (Å²) in [5.74, 6) is 0.294. The highest BCUT2D eigenvalue weighted by Gasteiger charge is 1.93. The van der Waals surface area contributed by atoms with E-state index in [9.17, 15) is 5.11 Å². The molecule has 0 aliphatic heterocycles. The Kier molecular flexibility index (Phi) is 2.79. The molecule has 0 saturated heterocycles. The van der Waals surface area contributed by atoms with Gasteiger partial charge in [-0.05, 0) is 23.8 Å². The molecule has 0 fully saturated rings. The number of rotatable bonds is 2. The van der Waals surface area contributed by atoms with Gasteiger partial charge in [-0.3, -0.25) is 4.98 Å². The standard InChI is InChI=1S/C13H11NO/c15-13-4-2-1-3-12(13)6-5-11-7-9-14-10-8-11/h1-10,15H. The lowest BCUT2D eigenvalue weighted by Gasteiger charge is -1.97. The van der Waals surface area contributed by atoms with Crippen molar-refractivity contribution in [3.05, 3.63) is 59.9 Å². The number of benzene rings is 1. The Balaban J connectivity index is 2.23. The molecule has 0 bridgehead atoms. The minimum absolute atomic E-state index is 0.294. The van der Waals surface area contributed by atoms with Gasteiger partial charge in [0.15, 0.2) is 0 Å². The lowest BCUT2D eigenvalue weighted by atomic mass is 10.1. The number of nitrogens with zero attached hydrogens (tertiary/aromatic N) is 1. The van der Waals surface area contributed by atoms with Crippen molar-refractivity contribution in [2.45, 2.75) is 0 Å². The summed E-state index contributed by atoms with van der Waals surface area (Å²) in [7, 11) is 0. The predicted molar refractivity (Wildman–Crippen MR) is 61.3 cm³/mol. The smallest absolute Gasteiger partial charge is 0.122 e. The van der Waals surface area contributed by atoms with Crippen LogP contribution in [0.4, 0.5) is 0 Å². The molecule has 0 amide bonds. The van der Waals surface area contributed by atoms with E-state index in [-0.39, 0.29) is 0 Å². The minimum atomic E-state index is 0.294. The topological polar surface area (TPSA) is 33.1 Å². The lowest BCUT2D eigenvalue weighted by molar-refractivity contribution is 0.474. The summed E-state index contributed by atoms with van der Waals surface area (Å²) >= 11 is 0. The second-order valence-electron chi connectivity index (χ2n) is 3.17. The van der Waals surface area contributed by atoms with Crippen LogP contribution >= 0.6 is 0 Å². The maximum Gasteiger partial charge on any atom is 0.122 e. The molecule has 0 aliphatic rings. The highest BCUT2D eigenvalue weighted by Crippen LogP contribution is 2.18. The Bertz CT molecular complexity index is 463. The van der Waals surface area contributed by atoms with E-state index < -0.39 is 0 Å². The minimum Gasteiger partial charge on any atom is -0.507 e. The van der Waals surface area contributed by atoms with Gasteiger partial charge >= 0.3 is 0 Å². The van der Waals surface area contributed by atoms with Crippen molar-refractivity contribution in [1.82, 2.24) is 4.98 Å². The van der Waals surface area contributed by atoms with Crippen molar-refractivity contribution in [2.24, 2.45) is 0 Å². The Morgan fingerprint density at radius 3 is 2.40 bits per heavy atom. The second-order valence-corrected chi connectivity index (χ2v) is 3.17. The van der Waals surface area contributed by atoms with Gasteiger partial charge in [-0.1, -0.05) is 30.4 Å². The van der Waals surface area contributed by atoms with Crippen molar-refractivity contribution in [1.29, 1.82) is 0 Å². The normalized spacial score (nSPS) is 10.7. The number of phenols is 1. The molecule has 1 aromatic carbocycles. The van der Waals surface area contributed by atoms with Crippen molar-refractivity contribution >= 4 is 12.2 Å². The van der Waals surface area contributed by atoms with Gasteiger partial charge in [-0.2, -0.15) is 0 Å². The first-order chi connectivity index (χ1) is 7.36. The average Bonchev–Trinajstić information content (AvgIpc) is 2.29. The van der Waals surface area contributed by atoms with Gasteiger partial charge in [-0.15, -0.1) is 0 Å². The number of phenolic OH excluding ortho intramolecular Hbond substituents is 1. The summed E-state index contributed by atoms with van der Waals surface area (Å²) in [6.45, 7) is 0. The van der Waals surface area contributed by atoms with Crippen LogP contribution in [0.1, 0.15) is 11.1 Å². The van der Waals surface area contributed by atoms with Crippen LogP contribution in [0.15, 0.2) is 48.8 Å². The number of pyridine rings is 1. The SMILES string of the molecule is Oc1ccccc1C=Cc1ccncc1. The third kappa shape index (κ3) is 2.44. The highest BCUT2D eigenvalue weighted by atomic mass is 16.3. The quantitative estimate of drug-likeness (QED) is 0.802. The summed E-state index contributed by atoms with van der Waals surface area (Å²) < 4.78 is 0. The zero-order valence-corrected chi connectivity index (χ0v) is 8.17. The van der Waals surface area contributed by atoms with Crippen LogP contribution in [-0.2, 0) is 0 Å². The molecule has 2 rings (SSSR count). The van der Waals surface area contributed by atoms with E-state index in [1.54, 1.807) is 24.5 Å². The van der Waals surface area contributed by atoms with Crippen LogP contribution in [0.25, 0.3) is 12.2 Å². The van der Waals surface area contributed by atoms with E-state index >= 15 is 0 Å². The second kappa shape index (κ2) is 4.42. The molecule has 0 unspecified atom stereocenters. The van der Waals surface area contributed by atoms with Crippen molar-refractivity contribution < 1.29 is 5.11 Å². The fourth-order valence-corrected chi connectivity index (χ4v) is 1.29. The summed E-state index contributed by atoms with van der Waals surface area (Å²) in [5, 5.41) is 9.52. The molecule has 0 saturated carbocycles. The zero-order valence-electron chi connectivity index (χ0n) is 8.17. The van der Waals surface area contributed by atoms with Gasteiger partial charge in [0.25, 0.3) is 0 Å². The lowest BCUT2D eigenvalue weighted by Crippen LogP contribution is -1.74. The summed E-state index contributed by atoms with van der Waals surface area (Å²) in [5.41, 5.74) is 1.88. The monoisotopic (exact) mass is 197 g/mol. The van der Waals surface area contributed by atoms with Crippen LogP contribution in [-0.4, -0.2) is 10.1 Å². The largest absolute Gasteiger partial charge is 0.507 e. The highest BCUT2D eigenvalue weighted by molar-refractivity contribution is 5.72. The third-order valence-electron chi connectivity index (χ3n) is 2.10.